The zero-order valence-corrected chi connectivity index (χ0v) is 55.8. The van der Waals surface area contributed by atoms with E-state index in [1.807, 2.05) is 0 Å². The van der Waals surface area contributed by atoms with Crippen LogP contribution in [-0.4, -0.2) is 36.4 Å². The summed E-state index contributed by atoms with van der Waals surface area (Å²) < 4.78 is 10.8. The molecule has 1 atom stereocenters. The van der Waals surface area contributed by atoms with Crippen molar-refractivity contribution in [2.75, 3.05) is 13.2 Å². The zero-order valence-electron chi connectivity index (χ0n) is 55.8. The van der Waals surface area contributed by atoms with Gasteiger partial charge in [0, 0.05) is 12.8 Å². The molecule has 484 valence electrons. The monoisotopic (exact) mass is 1150 g/mol. The molecule has 0 aromatic rings. The van der Waals surface area contributed by atoms with E-state index in [1.165, 1.54) is 360 Å². The lowest BCUT2D eigenvalue weighted by atomic mass is 10.0. The molecule has 0 aliphatic rings. The van der Waals surface area contributed by atoms with Crippen molar-refractivity contribution in [1.29, 1.82) is 0 Å². The maximum Gasteiger partial charge on any atom is 0.306 e. The molecule has 82 heavy (non-hydrogen) atoms. The van der Waals surface area contributed by atoms with E-state index in [1.54, 1.807) is 0 Å². The Labute approximate surface area is 514 Å². The van der Waals surface area contributed by atoms with Crippen LogP contribution in [0.15, 0.2) is 36.5 Å². The van der Waals surface area contributed by atoms with E-state index in [9.17, 15) is 14.7 Å². The second-order valence-corrected chi connectivity index (χ2v) is 25.7. The summed E-state index contributed by atoms with van der Waals surface area (Å²) in [6, 6.07) is 0. The van der Waals surface area contributed by atoms with Crippen LogP contribution in [0, 0.1) is 0 Å². The van der Waals surface area contributed by atoms with Gasteiger partial charge in [-0.2, -0.15) is 0 Å². The van der Waals surface area contributed by atoms with Gasteiger partial charge < -0.3 is 14.6 Å². The molecule has 5 heteroatoms. The highest BCUT2D eigenvalue weighted by Crippen LogP contribution is 2.19. The largest absolute Gasteiger partial charge is 0.462 e. The Kier molecular flexibility index (Phi) is 71.7. The number of rotatable bonds is 71. The fourth-order valence-electron chi connectivity index (χ4n) is 11.8. The Bertz CT molecular complexity index is 1300. The molecule has 5 nitrogen and oxygen atoms in total. The van der Waals surface area contributed by atoms with Crippen LogP contribution < -0.4 is 0 Å². The predicted octanol–water partition coefficient (Wildman–Crippen LogP) is 26.1. The molecule has 0 fully saturated rings. The van der Waals surface area contributed by atoms with E-state index in [0.717, 1.165) is 38.5 Å². The molecule has 0 radical (unpaired) electrons. The average Bonchev–Trinajstić information content (AvgIpc) is 3.49. The van der Waals surface area contributed by atoms with Gasteiger partial charge in [0.1, 0.15) is 6.61 Å². The number of allylic oxidation sites excluding steroid dienone is 6. The lowest BCUT2D eigenvalue weighted by molar-refractivity contribution is -0.161. The number of ether oxygens (including phenoxy) is 2. The van der Waals surface area contributed by atoms with Gasteiger partial charge in [0.05, 0.1) is 6.61 Å². The van der Waals surface area contributed by atoms with Crippen LogP contribution in [0.2, 0.25) is 0 Å². The Morgan fingerprint density at radius 2 is 0.488 bits per heavy atom. The van der Waals surface area contributed by atoms with Crippen molar-refractivity contribution in [3.8, 4) is 0 Å². The minimum Gasteiger partial charge on any atom is -0.462 e. The number of esters is 2. The second-order valence-electron chi connectivity index (χ2n) is 25.7. The van der Waals surface area contributed by atoms with Crippen LogP contribution >= 0.6 is 0 Å². The molecule has 0 aromatic carbocycles. The number of aliphatic hydroxyl groups excluding tert-OH is 1. The van der Waals surface area contributed by atoms with Crippen molar-refractivity contribution >= 4 is 11.9 Å². The van der Waals surface area contributed by atoms with Crippen molar-refractivity contribution in [3.05, 3.63) is 36.5 Å². The van der Waals surface area contributed by atoms with Gasteiger partial charge in [-0.15, -0.1) is 0 Å². The highest BCUT2D eigenvalue weighted by Gasteiger charge is 2.16. The molecule has 1 unspecified atom stereocenters. The summed E-state index contributed by atoms with van der Waals surface area (Å²) in [4.78, 5) is 24.7. The summed E-state index contributed by atoms with van der Waals surface area (Å²) in [5, 5.41) is 9.71. The highest BCUT2D eigenvalue weighted by molar-refractivity contribution is 5.70. The molecule has 0 rings (SSSR count). The molecular formula is C77H146O5. The Balaban J connectivity index is 3.37. The van der Waals surface area contributed by atoms with Crippen molar-refractivity contribution in [2.45, 2.75) is 431 Å². The zero-order chi connectivity index (χ0) is 59.1. The topological polar surface area (TPSA) is 72.8 Å². The minimum atomic E-state index is -0.769. The van der Waals surface area contributed by atoms with E-state index in [4.69, 9.17) is 9.47 Å². The van der Waals surface area contributed by atoms with Gasteiger partial charge >= 0.3 is 11.9 Å². The van der Waals surface area contributed by atoms with Crippen LogP contribution in [0.25, 0.3) is 0 Å². The third-order valence-corrected chi connectivity index (χ3v) is 17.4. The maximum absolute atomic E-state index is 12.4. The van der Waals surface area contributed by atoms with Gasteiger partial charge in [0.2, 0.25) is 0 Å². The first kappa shape index (κ1) is 80.1. The van der Waals surface area contributed by atoms with E-state index >= 15 is 0 Å². The third kappa shape index (κ3) is 70.6. The molecule has 0 amide bonds. The smallest absolute Gasteiger partial charge is 0.306 e. The number of hydrogen-bond donors (Lipinski definition) is 1. The summed E-state index contributed by atoms with van der Waals surface area (Å²) in [6.07, 6.45) is 97.9. The summed E-state index contributed by atoms with van der Waals surface area (Å²) in [5.74, 6) is -0.563. The van der Waals surface area contributed by atoms with E-state index in [0.29, 0.717) is 12.8 Å². The lowest BCUT2D eigenvalue weighted by Gasteiger charge is -2.15. The Morgan fingerprint density at radius 1 is 0.280 bits per heavy atom. The Morgan fingerprint density at radius 3 is 0.732 bits per heavy atom. The van der Waals surface area contributed by atoms with Crippen LogP contribution in [0.4, 0.5) is 0 Å². The van der Waals surface area contributed by atoms with Gasteiger partial charge in [-0.25, -0.2) is 0 Å². The normalized spacial score (nSPS) is 12.3. The summed E-state index contributed by atoms with van der Waals surface area (Å²) in [7, 11) is 0. The predicted molar refractivity (Wildman–Crippen MR) is 362 cm³/mol. The van der Waals surface area contributed by atoms with Gasteiger partial charge in [0.15, 0.2) is 6.10 Å². The highest BCUT2D eigenvalue weighted by atomic mass is 16.6. The van der Waals surface area contributed by atoms with Crippen LogP contribution in [0.5, 0.6) is 0 Å². The molecule has 0 heterocycles. The quantitative estimate of drug-likeness (QED) is 0.0373. The van der Waals surface area contributed by atoms with E-state index in [2.05, 4.69) is 50.3 Å². The molecule has 1 N–H and O–H groups in total. The standard InChI is InChI=1S/C77H146O5/c1-3-5-7-9-11-13-15-17-19-21-23-25-27-29-31-33-35-36-37-38-39-40-42-44-46-48-50-52-54-56-58-60-62-64-66-68-70-72-77(80)82-75(73-78)74-81-76(79)71-69-67-65-63-61-59-57-55-53-51-49-47-45-43-41-34-32-30-28-26-24-22-20-18-16-14-12-10-8-6-4-2/h15,17,21-24,75,78H,3-14,16,18-20,25-74H2,1-2H3/b17-15-,23-21-,24-22-. The Hall–Kier alpha value is -1.88. The summed E-state index contributed by atoms with van der Waals surface area (Å²) in [5.41, 5.74) is 0. The summed E-state index contributed by atoms with van der Waals surface area (Å²) in [6.45, 7) is 4.20. The number of unbranched alkanes of at least 4 members (excludes halogenated alkanes) is 57. The molecule has 0 aromatic heterocycles. The number of carbonyl (C=O) groups excluding carboxylic acids is 2. The second kappa shape index (κ2) is 73.4. The number of hydrogen-bond acceptors (Lipinski definition) is 5. The maximum atomic E-state index is 12.4. The van der Waals surface area contributed by atoms with E-state index < -0.39 is 6.10 Å². The molecule has 0 bridgehead atoms. The van der Waals surface area contributed by atoms with Crippen molar-refractivity contribution in [3.63, 3.8) is 0 Å². The number of carbonyl (C=O) groups is 2. The number of aliphatic hydroxyl groups is 1. The molecule has 0 aliphatic carbocycles. The molecule has 0 spiro atoms. The fraction of sp³-hybridized carbons (Fsp3) is 0.896. The van der Waals surface area contributed by atoms with Crippen LogP contribution in [0.1, 0.15) is 425 Å². The van der Waals surface area contributed by atoms with E-state index in [-0.39, 0.29) is 25.2 Å². The lowest BCUT2D eigenvalue weighted by Crippen LogP contribution is -2.28. The minimum absolute atomic E-state index is 0.0584. The first-order valence-corrected chi connectivity index (χ1v) is 37.5. The molecular weight excluding hydrogens is 1000 g/mol. The molecule has 0 saturated carbocycles. The SMILES string of the molecule is CCCCCCC/C=C\C/C=C\CCCCCCCCCCCCCCCCCCCCCCCCCCCC(=O)OC(CO)COC(=O)CCCCCCCCCCCCCCCCCCCCC/C=C\CCCCCCCCCC. The summed E-state index contributed by atoms with van der Waals surface area (Å²) >= 11 is 0. The third-order valence-electron chi connectivity index (χ3n) is 17.4. The van der Waals surface area contributed by atoms with Gasteiger partial charge in [-0.1, -0.05) is 378 Å². The molecule has 0 saturated heterocycles. The van der Waals surface area contributed by atoms with Gasteiger partial charge in [0.25, 0.3) is 0 Å². The fourth-order valence-corrected chi connectivity index (χ4v) is 11.8. The average molecular weight is 1150 g/mol. The van der Waals surface area contributed by atoms with Crippen molar-refractivity contribution in [2.24, 2.45) is 0 Å². The van der Waals surface area contributed by atoms with Crippen molar-refractivity contribution in [1.82, 2.24) is 0 Å². The van der Waals surface area contributed by atoms with Gasteiger partial charge in [-0.3, -0.25) is 9.59 Å². The first-order valence-electron chi connectivity index (χ1n) is 37.5. The van der Waals surface area contributed by atoms with Crippen LogP contribution in [-0.2, 0) is 19.1 Å². The van der Waals surface area contributed by atoms with Crippen molar-refractivity contribution < 1.29 is 24.2 Å². The van der Waals surface area contributed by atoms with Gasteiger partial charge in [-0.05, 0) is 70.6 Å². The van der Waals surface area contributed by atoms with Crippen LogP contribution in [0.3, 0.4) is 0 Å². The first-order chi connectivity index (χ1) is 40.6. The molecule has 0 aliphatic heterocycles.